The van der Waals surface area contributed by atoms with E-state index in [4.69, 9.17) is 15.7 Å². The normalized spacial score (nSPS) is 12.2. The first-order valence-corrected chi connectivity index (χ1v) is 10.6. The van der Waals surface area contributed by atoms with Crippen molar-refractivity contribution < 1.29 is 4.39 Å². The third-order valence-electron chi connectivity index (χ3n) is 4.98. The zero-order valence-electron chi connectivity index (χ0n) is 18.7. The summed E-state index contributed by atoms with van der Waals surface area (Å²) in [6.45, 7) is 11.5. The summed E-state index contributed by atoms with van der Waals surface area (Å²) >= 11 is 0. The van der Waals surface area contributed by atoms with Gasteiger partial charge in [-0.05, 0) is 47.7 Å². The summed E-state index contributed by atoms with van der Waals surface area (Å²) in [5, 5.41) is 0. The van der Waals surface area contributed by atoms with Gasteiger partial charge in [-0.1, -0.05) is 34.6 Å². The zero-order chi connectivity index (χ0) is 22.3. The van der Waals surface area contributed by atoms with E-state index in [1.165, 1.54) is 12.1 Å². The molecule has 4 aromatic rings. The van der Waals surface area contributed by atoms with Crippen molar-refractivity contribution in [1.82, 2.24) is 24.5 Å². The Labute approximate surface area is 181 Å². The van der Waals surface area contributed by atoms with Crippen molar-refractivity contribution in [3.8, 4) is 22.6 Å². The van der Waals surface area contributed by atoms with Crippen LogP contribution in [0.5, 0.6) is 0 Å². The minimum absolute atomic E-state index is 0.0249. The van der Waals surface area contributed by atoms with Gasteiger partial charge in [0.15, 0.2) is 5.65 Å². The second kappa shape index (κ2) is 7.80. The Morgan fingerprint density at radius 1 is 1.03 bits per heavy atom. The lowest BCUT2D eigenvalue weighted by Crippen LogP contribution is -2.17. The van der Waals surface area contributed by atoms with Crippen LogP contribution in [0, 0.1) is 17.2 Å². The first kappa shape index (κ1) is 21.0. The molecule has 0 amide bonds. The number of H-pyrrole nitrogens is 1. The highest BCUT2D eigenvalue weighted by Gasteiger charge is 2.20. The second-order valence-electron chi connectivity index (χ2n) is 9.67. The number of nitrogens with one attached hydrogen (secondary N) is 1. The molecule has 0 saturated carbocycles. The molecule has 0 unspecified atom stereocenters. The molecule has 1 aromatic carbocycles. The standard InChI is InChI=1S/C24H29FN6/c1-14(2)12-19-29-20(15-6-8-16(25)9-7-15)21(30-19)17-10-11-18-22(27-17)31(23(26)28-18)13-24(3,4)5/h6-11,14H,12-13H2,1-5H3,(H2,26,28)(H,29,30). The van der Waals surface area contributed by atoms with Crippen LogP contribution in [0.15, 0.2) is 36.4 Å². The molecule has 0 aliphatic heterocycles. The van der Waals surface area contributed by atoms with Crippen LogP contribution in [0.3, 0.4) is 0 Å². The average Bonchev–Trinajstić information content (AvgIpc) is 3.22. The Kier molecular flexibility index (Phi) is 5.29. The van der Waals surface area contributed by atoms with Gasteiger partial charge < -0.3 is 10.7 Å². The molecule has 31 heavy (non-hydrogen) atoms. The third-order valence-corrected chi connectivity index (χ3v) is 4.98. The molecule has 0 bridgehead atoms. The second-order valence-corrected chi connectivity index (χ2v) is 9.67. The van der Waals surface area contributed by atoms with Crippen molar-refractivity contribution in [2.45, 2.75) is 47.6 Å². The summed E-state index contributed by atoms with van der Waals surface area (Å²) in [7, 11) is 0. The van der Waals surface area contributed by atoms with Gasteiger partial charge in [0.25, 0.3) is 0 Å². The topological polar surface area (TPSA) is 85.4 Å². The molecule has 0 spiro atoms. The summed E-state index contributed by atoms with van der Waals surface area (Å²) in [6.07, 6.45) is 0.811. The SMILES string of the molecule is CC(C)Cc1nc(-c2ccc(F)cc2)c(-c2ccc3nc(N)n(CC(C)(C)C)c3n2)[nH]1. The number of pyridine rings is 1. The first-order chi connectivity index (χ1) is 14.6. The Morgan fingerprint density at radius 3 is 2.39 bits per heavy atom. The van der Waals surface area contributed by atoms with Crippen molar-refractivity contribution in [1.29, 1.82) is 0 Å². The lowest BCUT2D eigenvalue weighted by atomic mass is 9.97. The van der Waals surface area contributed by atoms with Crippen LogP contribution in [-0.2, 0) is 13.0 Å². The molecule has 0 aliphatic carbocycles. The number of nitrogens with zero attached hydrogens (tertiary/aromatic N) is 4. The van der Waals surface area contributed by atoms with Gasteiger partial charge in [0, 0.05) is 18.5 Å². The molecule has 6 nitrogen and oxygen atoms in total. The van der Waals surface area contributed by atoms with Crippen molar-refractivity contribution >= 4 is 17.1 Å². The Morgan fingerprint density at radius 2 is 1.74 bits per heavy atom. The third kappa shape index (κ3) is 4.45. The number of nitrogen functional groups attached to an aromatic ring is 1. The molecular formula is C24H29FN6. The van der Waals surface area contributed by atoms with E-state index >= 15 is 0 Å². The van der Waals surface area contributed by atoms with Crippen LogP contribution in [0.1, 0.15) is 40.4 Å². The van der Waals surface area contributed by atoms with Gasteiger partial charge in [0.05, 0.1) is 17.1 Å². The number of aromatic amines is 1. The van der Waals surface area contributed by atoms with E-state index in [0.717, 1.165) is 46.1 Å². The van der Waals surface area contributed by atoms with Gasteiger partial charge in [0.1, 0.15) is 17.2 Å². The number of anilines is 1. The van der Waals surface area contributed by atoms with Gasteiger partial charge in [-0.2, -0.15) is 0 Å². The van der Waals surface area contributed by atoms with Crippen LogP contribution < -0.4 is 5.73 Å². The van der Waals surface area contributed by atoms with Crippen molar-refractivity contribution in [2.75, 3.05) is 5.73 Å². The number of benzene rings is 1. The van der Waals surface area contributed by atoms with E-state index in [1.54, 1.807) is 12.1 Å². The summed E-state index contributed by atoms with van der Waals surface area (Å²) < 4.78 is 15.5. The predicted octanol–water partition coefficient (Wildman–Crippen LogP) is 5.45. The highest BCUT2D eigenvalue weighted by molar-refractivity contribution is 5.82. The van der Waals surface area contributed by atoms with Crippen LogP contribution in [0.2, 0.25) is 0 Å². The number of imidazole rings is 2. The molecule has 0 aliphatic rings. The maximum atomic E-state index is 13.5. The monoisotopic (exact) mass is 420 g/mol. The lowest BCUT2D eigenvalue weighted by Gasteiger charge is -2.19. The fraction of sp³-hybridized carbons (Fsp3) is 0.375. The maximum Gasteiger partial charge on any atom is 0.202 e. The Bertz CT molecular complexity index is 1210. The molecule has 7 heteroatoms. The number of rotatable bonds is 5. The number of hydrogen-bond acceptors (Lipinski definition) is 4. The summed E-state index contributed by atoms with van der Waals surface area (Å²) in [5.41, 5.74) is 10.9. The lowest BCUT2D eigenvalue weighted by molar-refractivity contribution is 0.350. The fourth-order valence-electron chi connectivity index (χ4n) is 3.70. The number of aromatic nitrogens is 5. The van der Waals surface area contributed by atoms with Gasteiger partial charge in [-0.3, -0.25) is 4.57 Å². The van der Waals surface area contributed by atoms with E-state index in [-0.39, 0.29) is 11.2 Å². The summed E-state index contributed by atoms with van der Waals surface area (Å²) in [5.74, 6) is 1.51. The predicted molar refractivity (Wildman–Crippen MR) is 123 cm³/mol. The molecular weight excluding hydrogens is 391 g/mol. The highest BCUT2D eigenvalue weighted by Crippen LogP contribution is 2.32. The highest BCUT2D eigenvalue weighted by atomic mass is 19.1. The molecule has 0 atom stereocenters. The molecule has 4 rings (SSSR count). The van der Waals surface area contributed by atoms with Crippen molar-refractivity contribution in [3.63, 3.8) is 0 Å². The van der Waals surface area contributed by atoms with Crippen LogP contribution in [-0.4, -0.2) is 24.5 Å². The van der Waals surface area contributed by atoms with E-state index in [2.05, 4.69) is 44.6 Å². The number of hydrogen-bond donors (Lipinski definition) is 2. The number of nitrogens with two attached hydrogens (primary N) is 1. The van der Waals surface area contributed by atoms with Crippen LogP contribution in [0.25, 0.3) is 33.8 Å². The number of halogens is 1. The largest absolute Gasteiger partial charge is 0.369 e. The molecule has 3 N–H and O–H groups in total. The smallest absolute Gasteiger partial charge is 0.202 e. The van der Waals surface area contributed by atoms with E-state index in [1.807, 2.05) is 16.7 Å². The minimum Gasteiger partial charge on any atom is -0.369 e. The van der Waals surface area contributed by atoms with E-state index < -0.39 is 0 Å². The molecule has 3 aromatic heterocycles. The van der Waals surface area contributed by atoms with E-state index in [9.17, 15) is 4.39 Å². The van der Waals surface area contributed by atoms with Crippen molar-refractivity contribution in [2.24, 2.45) is 11.3 Å². The average molecular weight is 421 g/mol. The maximum absolute atomic E-state index is 13.5. The van der Waals surface area contributed by atoms with Crippen LogP contribution >= 0.6 is 0 Å². The molecule has 0 fully saturated rings. The number of fused-ring (bicyclic) bond motifs is 1. The molecule has 3 heterocycles. The summed E-state index contributed by atoms with van der Waals surface area (Å²) in [4.78, 5) is 17.7. The Hall–Kier alpha value is -3.22. The van der Waals surface area contributed by atoms with Crippen molar-refractivity contribution in [3.05, 3.63) is 48.0 Å². The fourth-order valence-corrected chi connectivity index (χ4v) is 3.70. The van der Waals surface area contributed by atoms with Gasteiger partial charge in [0.2, 0.25) is 5.95 Å². The summed E-state index contributed by atoms with van der Waals surface area (Å²) in [6, 6.07) is 10.3. The quantitative estimate of drug-likeness (QED) is 0.449. The molecule has 162 valence electrons. The molecule has 0 radical (unpaired) electrons. The van der Waals surface area contributed by atoms with Crippen LogP contribution in [0.4, 0.5) is 10.3 Å². The Balaban J connectivity index is 1.87. The zero-order valence-corrected chi connectivity index (χ0v) is 18.7. The van der Waals surface area contributed by atoms with Gasteiger partial charge >= 0.3 is 0 Å². The van der Waals surface area contributed by atoms with Gasteiger partial charge in [-0.15, -0.1) is 0 Å². The van der Waals surface area contributed by atoms with Gasteiger partial charge in [-0.25, -0.2) is 19.3 Å². The minimum atomic E-state index is -0.274. The first-order valence-electron chi connectivity index (χ1n) is 10.6. The van der Waals surface area contributed by atoms with E-state index in [0.29, 0.717) is 18.4 Å². The molecule has 0 saturated heterocycles.